The Balaban J connectivity index is 1.36. The van der Waals surface area contributed by atoms with Gasteiger partial charge in [0.05, 0.1) is 0 Å². The van der Waals surface area contributed by atoms with E-state index < -0.39 is 0 Å². The van der Waals surface area contributed by atoms with Gasteiger partial charge >= 0.3 is 0 Å². The summed E-state index contributed by atoms with van der Waals surface area (Å²) in [7, 11) is 0. The fraction of sp³-hybridized carbons (Fsp3) is 0.529. The number of amides is 1. The summed E-state index contributed by atoms with van der Waals surface area (Å²) in [5, 5.41) is 8.45. The lowest BCUT2D eigenvalue weighted by Crippen LogP contribution is -2.38. The number of aryl methyl sites for hydroxylation is 2. The fourth-order valence-corrected chi connectivity index (χ4v) is 3.77. The van der Waals surface area contributed by atoms with Crippen LogP contribution in [0.1, 0.15) is 31.2 Å². The maximum absolute atomic E-state index is 12.3. The van der Waals surface area contributed by atoms with Gasteiger partial charge in [0.1, 0.15) is 0 Å². The third-order valence-electron chi connectivity index (χ3n) is 4.50. The van der Waals surface area contributed by atoms with Crippen LogP contribution in [-0.2, 0) is 17.8 Å². The first kappa shape index (κ1) is 15.3. The highest BCUT2D eigenvalue weighted by Crippen LogP contribution is 2.22. The molecule has 0 saturated carbocycles. The van der Waals surface area contributed by atoms with E-state index in [1.165, 1.54) is 12.0 Å². The van der Waals surface area contributed by atoms with Gasteiger partial charge < -0.3 is 4.90 Å². The topological polar surface area (TPSA) is 38.1 Å². The van der Waals surface area contributed by atoms with Crippen LogP contribution >= 0.6 is 11.3 Å². The first-order valence-electron chi connectivity index (χ1n) is 8.07. The number of rotatable bonds is 6. The highest BCUT2D eigenvalue weighted by Gasteiger charge is 2.22. The second-order valence-electron chi connectivity index (χ2n) is 6.01. The Bertz CT molecular complexity index is 557. The molecule has 4 nitrogen and oxygen atoms in total. The number of aromatic nitrogens is 2. The molecule has 118 valence electrons. The summed E-state index contributed by atoms with van der Waals surface area (Å²) in [5.41, 5.74) is 1.28. The molecule has 5 heteroatoms. The van der Waals surface area contributed by atoms with Crippen LogP contribution in [0, 0.1) is 5.92 Å². The number of likely N-dealkylation sites (tertiary alicyclic amines) is 1. The van der Waals surface area contributed by atoms with Gasteiger partial charge in [-0.1, -0.05) is 0 Å². The van der Waals surface area contributed by atoms with Crippen molar-refractivity contribution in [1.82, 2.24) is 14.7 Å². The standard InChI is InChI=1S/C17H23N3OS/c21-17(3-2-16-7-13-22-14-16)19-10-4-15(5-11-19)6-12-20-9-1-8-18-20/h1,7-9,13-15H,2-6,10-12H2. The summed E-state index contributed by atoms with van der Waals surface area (Å²) in [6, 6.07) is 4.08. The second kappa shape index (κ2) is 7.58. The number of hydrogen-bond donors (Lipinski definition) is 0. The van der Waals surface area contributed by atoms with E-state index in [-0.39, 0.29) is 0 Å². The highest BCUT2D eigenvalue weighted by atomic mass is 32.1. The molecule has 1 amide bonds. The van der Waals surface area contributed by atoms with Gasteiger partial charge in [-0.05, 0) is 60.1 Å². The van der Waals surface area contributed by atoms with Crippen LogP contribution in [0.25, 0.3) is 0 Å². The van der Waals surface area contributed by atoms with Crippen molar-refractivity contribution in [1.29, 1.82) is 0 Å². The van der Waals surface area contributed by atoms with E-state index in [0.29, 0.717) is 12.3 Å². The molecule has 2 aromatic rings. The van der Waals surface area contributed by atoms with Crippen LogP contribution in [0.15, 0.2) is 35.3 Å². The fourth-order valence-electron chi connectivity index (χ4n) is 3.06. The van der Waals surface area contributed by atoms with Crippen molar-refractivity contribution < 1.29 is 4.79 Å². The highest BCUT2D eigenvalue weighted by molar-refractivity contribution is 7.07. The molecule has 0 atom stereocenters. The minimum Gasteiger partial charge on any atom is -0.343 e. The summed E-state index contributed by atoms with van der Waals surface area (Å²) >= 11 is 1.70. The molecule has 3 heterocycles. The van der Waals surface area contributed by atoms with Gasteiger partial charge in [-0.2, -0.15) is 16.4 Å². The third kappa shape index (κ3) is 4.19. The lowest BCUT2D eigenvalue weighted by atomic mass is 9.93. The summed E-state index contributed by atoms with van der Waals surface area (Å²) in [5.74, 6) is 1.04. The maximum Gasteiger partial charge on any atom is 0.222 e. The second-order valence-corrected chi connectivity index (χ2v) is 6.79. The minimum absolute atomic E-state index is 0.316. The van der Waals surface area contributed by atoms with Crippen molar-refractivity contribution in [2.75, 3.05) is 13.1 Å². The van der Waals surface area contributed by atoms with E-state index in [2.05, 4.69) is 26.8 Å². The number of piperidine rings is 1. The van der Waals surface area contributed by atoms with Crippen LogP contribution in [0.3, 0.4) is 0 Å². The summed E-state index contributed by atoms with van der Waals surface area (Å²) in [6.07, 6.45) is 8.80. The van der Waals surface area contributed by atoms with Crippen molar-refractivity contribution in [3.63, 3.8) is 0 Å². The first-order chi connectivity index (χ1) is 10.8. The molecule has 0 N–H and O–H groups in total. The van der Waals surface area contributed by atoms with Crippen LogP contribution in [0.2, 0.25) is 0 Å². The number of nitrogens with zero attached hydrogens (tertiary/aromatic N) is 3. The monoisotopic (exact) mass is 317 g/mol. The Kier molecular flexibility index (Phi) is 5.27. The Morgan fingerprint density at radius 2 is 2.23 bits per heavy atom. The van der Waals surface area contributed by atoms with Crippen molar-refractivity contribution in [2.24, 2.45) is 5.92 Å². The predicted molar refractivity (Wildman–Crippen MR) is 88.8 cm³/mol. The number of thiophene rings is 1. The zero-order valence-electron chi connectivity index (χ0n) is 12.9. The van der Waals surface area contributed by atoms with Crippen molar-refractivity contribution in [3.05, 3.63) is 40.8 Å². The Morgan fingerprint density at radius 3 is 2.91 bits per heavy atom. The van der Waals surface area contributed by atoms with Crippen LogP contribution < -0.4 is 0 Å². The molecular formula is C17H23N3OS. The zero-order valence-corrected chi connectivity index (χ0v) is 13.7. The SMILES string of the molecule is O=C(CCc1ccsc1)N1CCC(CCn2cccn2)CC1. The normalized spacial score (nSPS) is 16.1. The molecule has 22 heavy (non-hydrogen) atoms. The van der Waals surface area contributed by atoms with Gasteiger partial charge in [0.15, 0.2) is 0 Å². The van der Waals surface area contributed by atoms with Crippen molar-refractivity contribution in [2.45, 2.75) is 38.6 Å². The van der Waals surface area contributed by atoms with Gasteiger partial charge in [-0.15, -0.1) is 0 Å². The van der Waals surface area contributed by atoms with E-state index >= 15 is 0 Å². The quantitative estimate of drug-likeness (QED) is 0.820. The molecule has 1 saturated heterocycles. The van der Waals surface area contributed by atoms with E-state index in [4.69, 9.17) is 0 Å². The average Bonchev–Trinajstić information content (AvgIpc) is 3.24. The molecule has 0 aliphatic carbocycles. The molecule has 0 spiro atoms. The first-order valence-corrected chi connectivity index (χ1v) is 9.02. The largest absolute Gasteiger partial charge is 0.343 e. The lowest BCUT2D eigenvalue weighted by molar-refractivity contribution is -0.132. The summed E-state index contributed by atoms with van der Waals surface area (Å²) < 4.78 is 2.00. The van der Waals surface area contributed by atoms with Crippen molar-refractivity contribution in [3.8, 4) is 0 Å². The number of carbonyl (C=O) groups excluding carboxylic acids is 1. The van der Waals surface area contributed by atoms with Gasteiger partial charge in [0.2, 0.25) is 5.91 Å². The average molecular weight is 317 g/mol. The van der Waals surface area contributed by atoms with Gasteiger partial charge in [-0.3, -0.25) is 9.48 Å². The molecule has 1 fully saturated rings. The van der Waals surface area contributed by atoms with E-state index in [1.807, 2.05) is 23.1 Å². The zero-order chi connectivity index (χ0) is 15.2. The van der Waals surface area contributed by atoms with Gasteiger partial charge in [0, 0.05) is 38.4 Å². The Hall–Kier alpha value is -1.62. The Labute approximate surface area is 135 Å². The van der Waals surface area contributed by atoms with Crippen LogP contribution in [0.5, 0.6) is 0 Å². The molecule has 0 radical (unpaired) electrons. The lowest BCUT2D eigenvalue weighted by Gasteiger charge is -2.32. The van der Waals surface area contributed by atoms with Gasteiger partial charge in [-0.25, -0.2) is 0 Å². The van der Waals surface area contributed by atoms with E-state index in [0.717, 1.165) is 44.8 Å². The molecule has 0 aromatic carbocycles. The molecule has 2 aromatic heterocycles. The maximum atomic E-state index is 12.3. The van der Waals surface area contributed by atoms with E-state index in [1.54, 1.807) is 11.3 Å². The molecular weight excluding hydrogens is 294 g/mol. The van der Waals surface area contributed by atoms with Gasteiger partial charge in [0.25, 0.3) is 0 Å². The molecule has 3 rings (SSSR count). The predicted octanol–water partition coefficient (Wildman–Crippen LogP) is 3.21. The summed E-state index contributed by atoms with van der Waals surface area (Å²) in [4.78, 5) is 14.3. The molecule has 0 bridgehead atoms. The minimum atomic E-state index is 0.316. The third-order valence-corrected chi connectivity index (χ3v) is 5.23. The number of hydrogen-bond acceptors (Lipinski definition) is 3. The molecule has 0 unspecified atom stereocenters. The number of carbonyl (C=O) groups is 1. The van der Waals surface area contributed by atoms with Crippen LogP contribution in [0.4, 0.5) is 0 Å². The summed E-state index contributed by atoms with van der Waals surface area (Å²) in [6.45, 7) is 2.84. The Morgan fingerprint density at radius 1 is 1.36 bits per heavy atom. The van der Waals surface area contributed by atoms with Crippen molar-refractivity contribution >= 4 is 17.2 Å². The van der Waals surface area contributed by atoms with Crippen LogP contribution in [-0.4, -0.2) is 33.7 Å². The molecule has 1 aliphatic rings. The molecule has 1 aliphatic heterocycles. The smallest absolute Gasteiger partial charge is 0.222 e. The van der Waals surface area contributed by atoms with E-state index in [9.17, 15) is 4.79 Å².